The van der Waals surface area contributed by atoms with Crippen molar-refractivity contribution in [2.75, 3.05) is 19.6 Å². The highest BCUT2D eigenvalue weighted by atomic mass is 79.9. The lowest BCUT2D eigenvalue weighted by Gasteiger charge is -2.46. The highest BCUT2D eigenvalue weighted by Crippen LogP contribution is 2.31. The van der Waals surface area contributed by atoms with E-state index >= 15 is 0 Å². The summed E-state index contributed by atoms with van der Waals surface area (Å²) in [5.74, 6) is -0.190. The first-order chi connectivity index (χ1) is 19.8. The number of hydrogen-bond donors (Lipinski definition) is 2. The first-order valence-corrected chi connectivity index (χ1v) is 14.6. The van der Waals surface area contributed by atoms with Crippen molar-refractivity contribution < 1.29 is 19.5 Å². The molecule has 3 aromatic rings. The van der Waals surface area contributed by atoms with Gasteiger partial charge in [0.1, 0.15) is 18.0 Å². The fourth-order valence-corrected chi connectivity index (χ4v) is 5.97. The lowest BCUT2D eigenvalue weighted by Crippen LogP contribution is -2.66. The van der Waals surface area contributed by atoms with Crippen LogP contribution >= 0.6 is 15.9 Å². The quantitative estimate of drug-likeness (QED) is 0.376. The predicted molar refractivity (Wildman–Crippen MR) is 158 cm³/mol. The van der Waals surface area contributed by atoms with E-state index in [2.05, 4.69) is 21.2 Å². The molecule has 2 fully saturated rings. The number of benzene rings is 3. The second-order valence-electron chi connectivity index (χ2n) is 10.4. The molecule has 214 valence electrons. The zero-order chi connectivity index (χ0) is 28.9. The van der Waals surface area contributed by atoms with Crippen LogP contribution in [0.25, 0.3) is 0 Å². The van der Waals surface area contributed by atoms with Gasteiger partial charge in [0.25, 0.3) is 0 Å². The van der Waals surface area contributed by atoms with E-state index in [1.807, 2.05) is 66.5 Å². The molecule has 9 nitrogen and oxygen atoms in total. The van der Waals surface area contributed by atoms with Gasteiger partial charge in [-0.15, -0.1) is 0 Å². The van der Waals surface area contributed by atoms with Crippen LogP contribution in [0.5, 0.6) is 5.75 Å². The fraction of sp³-hybridized carbons (Fsp3) is 0.323. The smallest absolute Gasteiger partial charge is 0.332 e. The van der Waals surface area contributed by atoms with E-state index < -0.39 is 12.2 Å². The highest BCUT2D eigenvalue weighted by Gasteiger charge is 2.52. The molecule has 2 heterocycles. The van der Waals surface area contributed by atoms with Gasteiger partial charge < -0.3 is 20.2 Å². The number of urea groups is 1. The maximum Gasteiger partial charge on any atom is 0.332 e. The normalized spacial score (nSPS) is 18.9. The van der Waals surface area contributed by atoms with Crippen molar-refractivity contribution in [2.24, 2.45) is 0 Å². The van der Waals surface area contributed by atoms with Gasteiger partial charge in [0.05, 0.1) is 13.1 Å². The van der Waals surface area contributed by atoms with Gasteiger partial charge in [-0.2, -0.15) is 5.01 Å². The molecule has 4 amide bonds. The third kappa shape index (κ3) is 6.55. The van der Waals surface area contributed by atoms with Gasteiger partial charge in [-0.1, -0.05) is 77.5 Å². The average molecular weight is 621 g/mol. The Labute approximate surface area is 248 Å². The Morgan fingerprint density at radius 3 is 2.44 bits per heavy atom. The van der Waals surface area contributed by atoms with Crippen molar-refractivity contribution in [2.45, 2.75) is 45.1 Å². The fourth-order valence-electron chi connectivity index (χ4n) is 5.52. The molecule has 0 bridgehead atoms. The molecule has 10 heteroatoms. The van der Waals surface area contributed by atoms with Gasteiger partial charge in [-0.25, -0.2) is 4.79 Å². The summed E-state index contributed by atoms with van der Waals surface area (Å²) in [5, 5.41) is 16.2. The number of fused-ring (bicyclic) bond motifs is 1. The molecule has 0 aromatic heterocycles. The molecule has 5 rings (SSSR count). The number of halogens is 1. The Morgan fingerprint density at radius 2 is 1.73 bits per heavy atom. The van der Waals surface area contributed by atoms with Crippen molar-refractivity contribution in [3.63, 3.8) is 0 Å². The number of carbonyl (C=O) groups is 3. The second-order valence-corrected chi connectivity index (χ2v) is 11.3. The number of nitrogens with one attached hydrogen (secondary N) is 1. The number of carbonyl (C=O) groups excluding carboxylic acids is 3. The van der Waals surface area contributed by atoms with Crippen molar-refractivity contribution in [3.05, 3.63) is 100 Å². The molecule has 0 unspecified atom stereocenters. The van der Waals surface area contributed by atoms with Gasteiger partial charge in [0.15, 0.2) is 0 Å². The summed E-state index contributed by atoms with van der Waals surface area (Å²) in [6.07, 6.45) is 0.509. The molecule has 0 aliphatic carbocycles. The van der Waals surface area contributed by atoms with E-state index in [1.54, 1.807) is 39.1 Å². The molecular weight excluding hydrogens is 586 g/mol. The van der Waals surface area contributed by atoms with E-state index in [0.29, 0.717) is 32.5 Å². The van der Waals surface area contributed by atoms with Gasteiger partial charge >= 0.3 is 6.03 Å². The molecule has 2 saturated heterocycles. The molecule has 0 spiro atoms. The van der Waals surface area contributed by atoms with E-state index in [-0.39, 0.29) is 36.7 Å². The SMILES string of the molecule is CCCN(C(=O)NCc1ccccc1)N1CC(=O)N2[C@@H](Cc3ccc(O)cc3)C(=O)N(Cc3cccc(Br)c3)C[C@@H]21. The number of hydrazine groups is 1. The zero-order valence-electron chi connectivity index (χ0n) is 22.9. The zero-order valence-corrected chi connectivity index (χ0v) is 24.5. The minimum absolute atomic E-state index is 0.00745. The second kappa shape index (κ2) is 12.7. The lowest BCUT2D eigenvalue weighted by molar-refractivity contribution is -0.157. The number of nitrogens with zero attached hydrogens (tertiary/aromatic N) is 4. The Kier molecular flexibility index (Phi) is 8.90. The van der Waals surface area contributed by atoms with Crippen LogP contribution in [0.4, 0.5) is 4.79 Å². The first-order valence-electron chi connectivity index (χ1n) is 13.8. The van der Waals surface area contributed by atoms with Crippen LogP contribution in [-0.4, -0.2) is 74.6 Å². The van der Waals surface area contributed by atoms with Crippen molar-refractivity contribution >= 4 is 33.8 Å². The molecule has 3 aromatic carbocycles. The summed E-state index contributed by atoms with van der Waals surface area (Å²) >= 11 is 3.51. The number of piperazine rings is 1. The summed E-state index contributed by atoms with van der Waals surface area (Å²) in [4.78, 5) is 44.4. The summed E-state index contributed by atoms with van der Waals surface area (Å²) < 4.78 is 0.920. The molecule has 2 atom stereocenters. The average Bonchev–Trinajstić information content (AvgIpc) is 3.29. The van der Waals surface area contributed by atoms with E-state index in [4.69, 9.17) is 0 Å². The minimum atomic E-state index is -0.737. The molecule has 2 aliphatic heterocycles. The third-order valence-electron chi connectivity index (χ3n) is 7.46. The highest BCUT2D eigenvalue weighted by molar-refractivity contribution is 9.10. The molecule has 2 aliphatic rings. The molecule has 0 saturated carbocycles. The number of rotatable bonds is 9. The van der Waals surface area contributed by atoms with Crippen LogP contribution in [0.2, 0.25) is 0 Å². The van der Waals surface area contributed by atoms with Crippen LogP contribution in [-0.2, 0) is 29.1 Å². The van der Waals surface area contributed by atoms with Gasteiger partial charge in [-0.3, -0.25) is 14.6 Å². The number of phenolic OH excluding ortho intramolecular Hbond substituents is 1. The van der Waals surface area contributed by atoms with Crippen LogP contribution in [0.3, 0.4) is 0 Å². The summed E-state index contributed by atoms with van der Waals surface area (Å²) in [6, 6.07) is 23.2. The summed E-state index contributed by atoms with van der Waals surface area (Å²) in [7, 11) is 0. The number of aromatic hydroxyl groups is 1. The Bertz CT molecular complexity index is 1390. The molecule has 2 N–H and O–H groups in total. The predicted octanol–water partition coefficient (Wildman–Crippen LogP) is 4.12. The monoisotopic (exact) mass is 619 g/mol. The third-order valence-corrected chi connectivity index (χ3v) is 7.95. The van der Waals surface area contributed by atoms with E-state index in [9.17, 15) is 19.5 Å². The Balaban J connectivity index is 1.43. The van der Waals surface area contributed by atoms with Crippen LogP contribution in [0.15, 0.2) is 83.3 Å². The van der Waals surface area contributed by atoms with Crippen molar-refractivity contribution in [1.82, 2.24) is 25.1 Å². The topological polar surface area (TPSA) is 96.4 Å². The molecule has 41 heavy (non-hydrogen) atoms. The summed E-state index contributed by atoms with van der Waals surface area (Å²) in [5.41, 5.74) is 2.78. The summed E-state index contributed by atoms with van der Waals surface area (Å²) in [6.45, 7) is 3.45. The van der Waals surface area contributed by atoms with E-state index in [1.165, 1.54) is 0 Å². The van der Waals surface area contributed by atoms with Gasteiger partial charge in [0, 0.05) is 30.5 Å². The minimum Gasteiger partial charge on any atom is -0.508 e. The Morgan fingerprint density at radius 1 is 1.00 bits per heavy atom. The van der Waals surface area contributed by atoms with Crippen LogP contribution < -0.4 is 5.32 Å². The Hall–Kier alpha value is -3.89. The van der Waals surface area contributed by atoms with Crippen molar-refractivity contribution in [3.8, 4) is 5.75 Å². The maximum absolute atomic E-state index is 13.9. The van der Waals surface area contributed by atoms with Crippen molar-refractivity contribution in [1.29, 1.82) is 0 Å². The van der Waals surface area contributed by atoms with E-state index in [0.717, 1.165) is 21.2 Å². The van der Waals surface area contributed by atoms with Gasteiger partial charge in [0.2, 0.25) is 11.8 Å². The number of hydrogen-bond acceptors (Lipinski definition) is 5. The lowest BCUT2D eigenvalue weighted by atomic mass is 10.00. The maximum atomic E-state index is 13.9. The van der Waals surface area contributed by atoms with Gasteiger partial charge in [-0.05, 0) is 47.4 Å². The number of amides is 4. The number of phenols is 1. The first kappa shape index (κ1) is 28.6. The molecule has 0 radical (unpaired) electrons. The van der Waals surface area contributed by atoms with Crippen LogP contribution in [0, 0.1) is 0 Å². The standard InChI is InChI=1S/C31H34BrN5O4/c1-2-15-35(31(41)33-18-23-7-4-3-5-8-23)36-21-29(39)37-27(17-22-11-13-26(38)14-12-22)30(40)34(20-28(36)37)19-24-9-6-10-25(32)16-24/h3-14,16,27-28,38H,2,15,17-21H2,1H3,(H,33,41)/t27-,28+/m0/s1. The largest absolute Gasteiger partial charge is 0.508 e. The molecular formula is C31H34BrN5O4. The van der Waals surface area contributed by atoms with Crippen LogP contribution in [0.1, 0.15) is 30.0 Å².